The third-order valence-corrected chi connectivity index (χ3v) is 8.15. The molecule has 0 amide bonds. The lowest BCUT2D eigenvalue weighted by molar-refractivity contribution is 0.0530. The van der Waals surface area contributed by atoms with E-state index in [4.69, 9.17) is 4.74 Å². The monoisotopic (exact) mass is 351 g/mol. The zero-order valence-electron chi connectivity index (χ0n) is 12.7. The number of rotatable bonds is 2. The van der Waals surface area contributed by atoms with E-state index in [9.17, 15) is 8.42 Å². The lowest BCUT2D eigenvalue weighted by Gasteiger charge is -2.33. The molecule has 4 heterocycles. The number of ether oxygens (including phenoxy) is 1. The molecule has 0 saturated carbocycles. The van der Waals surface area contributed by atoms with Crippen molar-refractivity contribution in [2.45, 2.75) is 29.6 Å². The van der Waals surface area contributed by atoms with Crippen LogP contribution in [0.1, 0.15) is 23.2 Å². The molecule has 0 N–H and O–H groups in total. The van der Waals surface area contributed by atoms with Crippen molar-refractivity contribution in [2.75, 3.05) is 19.7 Å². The predicted octanol–water partition coefficient (Wildman–Crippen LogP) is 1.71. The molecule has 1 saturated heterocycles. The Morgan fingerprint density at radius 3 is 3.09 bits per heavy atom. The highest BCUT2D eigenvalue weighted by molar-refractivity contribution is 7.91. The van der Waals surface area contributed by atoms with Gasteiger partial charge in [-0.15, -0.1) is 11.3 Å². The van der Waals surface area contributed by atoms with E-state index in [0.29, 0.717) is 30.5 Å². The SMILES string of the molecule is Cc1ccsc1S(=O)(=O)N1CC[C@@]2(COCc3cncnc32)C1. The Balaban J connectivity index is 1.70. The fourth-order valence-corrected chi connectivity index (χ4v) is 6.53. The minimum Gasteiger partial charge on any atom is -0.376 e. The van der Waals surface area contributed by atoms with Gasteiger partial charge in [0, 0.05) is 24.8 Å². The largest absolute Gasteiger partial charge is 0.376 e. The van der Waals surface area contributed by atoms with Crippen molar-refractivity contribution in [3.05, 3.63) is 40.8 Å². The number of sulfonamides is 1. The van der Waals surface area contributed by atoms with Gasteiger partial charge in [-0.1, -0.05) is 0 Å². The van der Waals surface area contributed by atoms with Crippen molar-refractivity contribution in [1.29, 1.82) is 0 Å². The predicted molar refractivity (Wildman–Crippen MR) is 85.8 cm³/mol. The van der Waals surface area contributed by atoms with Gasteiger partial charge in [-0.3, -0.25) is 0 Å². The summed E-state index contributed by atoms with van der Waals surface area (Å²) in [4.78, 5) is 8.49. The zero-order chi connectivity index (χ0) is 16.1. The second kappa shape index (κ2) is 5.34. The summed E-state index contributed by atoms with van der Waals surface area (Å²) < 4.78 is 33.6. The third-order valence-electron chi connectivity index (χ3n) is 4.63. The van der Waals surface area contributed by atoms with Crippen LogP contribution < -0.4 is 0 Å². The molecule has 2 aromatic heterocycles. The zero-order valence-corrected chi connectivity index (χ0v) is 14.4. The van der Waals surface area contributed by atoms with Gasteiger partial charge in [-0.25, -0.2) is 18.4 Å². The van der Waals surface area contributed by atoms with Crippen molar-refractivity contribution in [1.82, 2.24) is 14.3 Å². The average molecular weight is 351 g/mol. The summed E-state index contributed by atoms with van der Waals surface area (Å²) in [6, 6.07) is 1.84. The Kier molecular flexibility index (Phi) is 3.53. The number of aryl methyl sites for hydroxylation is 1. The molecule has 23 heavy (non-hydrogen) atoms. The molecule has 8 heteroatoms. The lowest BCUT2D eigenvalue weighted by Crippen LogP contribution is -2.41. The van der Waals surface area contributed by atoms with E-state index >= 15 is 0 Å². The highest BCUT2D eigenvalue weighted by atomic mass is 32.2. The Bertz CT molecular complexity index is 849. The van der Waals surface area contributed by atoms with Crippen LogP contribution in [-0.4, -0.2) is 42.4 Å². The molecule has 6 nitrogen and oxygen atoms in total. The minimum atomic E-state index is -3.45. The van der Waals surface area contributed by atoms with Crippen LogP contribution in [-0.2, 0) is 26.8 Å². The fraction of sp³-hybridized carbons (Fsp3) is 0.467. The maximum absolute atomic E-state index is 12.9. The molecule has 0 bridgehead atoms. The summed E-state index contributed by atoms with van der Waals surface area (Å²) in [6.07, 6.45) is 4.02. The summed E-state index contributed by atoms with van der Waals surface area (Å²) in [6.45, 7) is 3.74. The molecular formula is C15H17N3O3S2. The Morgan fingerprint density at radius 2 is 2.30 bits per heavy atom. The maximum atomic E-state index is 12.9. The fourth-order valence-electron chi connectivity index (χ4n) is 3.46. The van der Waals surface area contributed by atoms with Crippen molar-refractivity contribution in [3.8, 4) is 0 Å². The molecule has 2 aliphatic rings. The summed E-state index contributed by atoms with van der Waals surface area (Å²) in [5, 5.41) is 1.82. The number of nitrogens with zero attached hydrogens (tertiary/aromatic N) is 3. The van der Waals surface area contributed by atoms with Gasteiger partial charge in [0.25, 0.3) is 10.0 Å². The van der Waals surface area contributed by atoms with Gasteiger partial charge in [0.05, 0.1) is 24.3 Å². The van der Waals surface area contributed by atoms with Crippen LogP contribution in [0.15, 0.2) is 28.2 Å². The highest BCUT2D eigenvalue weighted by Crippen LogP contribution is 2.41. The highest BCUT2D eigenvalue weighted by Gasteiger charge is 2.48. The smallest absolute Gasteiger partial charge is 0.252 e. The van der Waals surface area contributed by atoms with Crippen LogP contribution in [0.3, 0.4) is 0 Å². The van der Waals surface area contributed by atoms with Gasteiger partial charge in [0.15, 0.2) is 0 Å². The van der Waals surface area contributed by atoms with E-state index in [-0.39, 0.29) is 5.41 Å². The summed E-state index contributed by atoms with van der Waals surface area (Å²) in [7, 11) is -3.45. The molecule has 122 valence electrons. The van der Waals surface area contributed by atoms with Crippen LogP contribution >= 0.6 is 11.3 Å². The molecule has 0 radical (unpaired) electrons. The normalized spacial score (nSPS) is 24.9. The first-order valence-electron chi connectivity index (χ1n) is 7.44. The Hall–Kier alpha value is -1.35. The molecule has 2 aliphatic heterocycles. The molecule has 2 aromatic rings. The second-order valence-electron chi connectivity index (χ2n) is 6.15. The molecule has 0 aliphatic carbocycles. The van der Waals surface area contributed by atoms with Gasteiger partial charge in [0.1, 0.15) is 10.5 Å². The standard InChI is InChI=1S/C15H17N3O3S2/c1-11-2-5-22-14(11)23(19,20)18-4-3-15(8-18)9-21-7-12-6-16-10-17-13(12)15/h2,5-6,10H,3-4,7-9H2,1H3/t15-/m0/s1. The average Bonchev–Trinajstić information content (AvgIpc) is 3.16. The van der Waals surface area contributed by atoms with Gasteiger partial charge < -0.3 is 4.74 Å². The van der Waals surface area contributed by atoms with Gasteiger partial charge in [0.2, 0.25) is 0 Å². The molecular weight excluding hydrogens is 334 g/mol. The lowest BCUT2D eigenvalue weighted by atomic mass is 9.81. The minimum absolute atomic E-state index is 0.352. The third kappa shape index (κ3) is 2.32. The molecule has 0 aromatic carbocycles. The first-order valence-corrected chi connectivity index (χ1v) is 9.76. The maximum Gasteiger partial charge on any atom is 0.252 e. The summed E-state index contributed by atoms with van der Waals surface area (Å²) >= 11 is 1.28. The van der Waals surface area contributed by atoms with Crippen molar-refractivity contribution >= 4 is 21.4 Å². The summed E-state index contributed by atoms with van der Waals surface area (Å²) in [5.74, 6) is 0. The van der Waals surface area contributed by atoms with Crippen LogP contribution in [0.5, 0.6) is 0 Å². The van der Waals surface area contributed by atoms with E-state index in [1.165, 1.54) is 17.7 Å². The molecule has 1 fully saturated rings. The van der Waals surface area contributed by atoms with E-state index in [0.717, 1.165) is 23.2 Å². The van der Waals surface area contributed by atoms with Crippen LogP contribution in [0.2, 0.25) is 0 Å². The molecule has 1 atom stereocenters. The molecule has 0 unspecified atom stereocenters. The van der Waals surface area contributed by atoms with Crippen molar-refractivity contribution in [2.24, 2.45) is 0 Å². The van der Waals surface area contributed by atoms with Crippen LogP contribution in [0.25, 0.3) is 0 Å². The van der Waals surface area contributed by atoms with E-state index < -0.39 is 10.0 Å². The van der Waals surface area contributed by atoms with Crippen molar-refractivity contribution in [3.63, 3.8) is 0 Å². The first-order chi connectivity index (χ1) is 11.0. The number of aromatic nitrogens is 2. The van der Waals surface area contributed by atoms with E-state index in [1.54, 1.807) is 10.5 Å². The van der Waals surface area contributed by atoms with Crippen LogP contribution in [0.4, 0.5) is 0 Å². The van der Waals surface area contributed by atoms with Crippen LogP contribution in [0, 0.1) is 6.92 Å². The Labute approximate surface area is 139 Å². The van der Waals surface area contributed by atoms with Gasteiger partial charge in [-0.2, -0.15) is 4.31 Å². The second-order valence-corrected chi connectivity index (χ2v) is 9.20. The molecule has 1 spiro atoms. The molecule has 4 rings (SSSR count). The topological polar surface area (TPSA) is 72.4 Å². The number of hydrogen-bond acceptors (Lipinski definition) is 6. The Morgan fingerprint density at radius 1 is 1.43 bits per heavy atom. The quantitative estimate of drug-likeness (QED) is 0.824. The van der Waals surface area contributed by atoms with E-state index in [1.807, 2.05) is 18.4 Å². The van der Waals surface area contributed by atoms with Crippen molar-refractivity contribution < 1.29 is 13.2 Å². The summed E-state index contributed by atoms with van der Waals surface area (Å²) in [5.41, 5.74) is 2.36. The number of thiophene rings is 1. The van der Waals surface area contributed by atoms with Gasteiger partial charge in [-0.05, 0) is 30.4 Å². The number of hydrogen-bond donors (Lipinski definition) is 0. The van der Waals surface area contributed by atoms with E-state index in [2.05, 4.69) is 9.97 Å². The number of fused-ring (bicyclic) bond motifs is 2. The first kappa shape index (κ1) is 15.2. The van der Waals surface area contributed by atoms with Gasteiger partial charge >= 0.3 is 0 Å².